The van der Waals surface area contributed by atoms with E-state index in [0.29, 0.717) is 6.42 Å². The number of carbonyl (C=O) groups excluding carboxylic acids is 1. The maximum absolute atomic E-state index is 12.9. The van der Waals surface area contributed by atoms with Gasteiger partial charge in [0.05, 0.1) is 19.3 Å². The number of nitrogens with one attached hydrogen (secondary N) is 1. The van der Waals surface area contributed by atoms with Crippen LogP contribution in [-0.4, -0.2) is 86.0 Å². The molecular formula is C22H38F3NO7. The first kappa shape index (κ1) is 29.8. The molecule has 1 heterocycles. The van der Waals surface area contributed by atoms with Gasteiger partial charge in [0.15, 0.2) is 6.29 Å². The highest BCUT2D eigenvalue weighted by molar-refractivity contribution is 5.82. The maximum atomic E-state index is 12.9. The summed E-state index contributed by atoms with van der Waals surface area (Å²) in [5.41, 5.74) is 0. The molecule has 1 rings (SSSR count). The number of halogens is 3. The van der Waals surface area contributed by atoms with Gasteiger partial charge in [0.2, 0.25) is 0 Å². The van der Waals surface area contributed by atoms with Crippen molar-refractivity contribution in [2.75, 3.05) is 26.9 Å². The first-order chi connectivity index (χ1) is 15.7. The third kappa shape index (κ3) is 10.3. The number of aliphatic hydroxyl groups is 2. The summed E-state index contributed by atoms with van der Waals surface area (Å²) in [6.07, 6.45) is -2.50. The van der Waals surface area contributed by atoms with Crippen LogP contribution in [-0.2, 0) is 23.7 Å². The van der Waals surface area contributed by atoms with E-state index >= 15 is 0 Å². The molecule has 194 valence electrons. The number of hydrogen-bond acceptors (Lipinski definition) is 7. The lowest BCUT2D eigenvalue weighted by atomic mass is 9.96. The van der Waals surface area contributed by atoms with Crippen LogP contribution < -0.4 is 5.32 Å². The highest BCUT2D eigenvalue weighted by Crippen LogP contribution is 2.26. The van der Waals surface area contributed by atoms with Gasteiger partial charge in [-0.2, -0.15) is 13.2 Å². The van der Waals surface area contributed by atoms with Gasteiger partial charge in [0.25, 0.3) is 0 Å². The number of hydrogen-bond donors (Lipinski definition) is 3. The monoisotopic (exact) mass is 485 g/mol. The van der Waals surface area contributed by atoms with Gasteiger partial charge < -0.3 is 34.5 Å². The standard InChI is InChI=1S/C22H38F3NO7/c1-4-6-7-8-9-10-15(30-3)11-13-31-19-17(26-21(29)22(23,24)25)20(32-12-5-2)33-16(14-27)18(19)28/h5,15-20,27-28H,2,4,6-14H2,1,3H3,(H,26,29)/t15-,16-,17-,18-,19-,20+/m1/s1. The van der Waals surface area contributed by atoms with Crippen LogP contribution in [0.25, 0.3) is 0 Å². The average molecular weight is 486 g/mol. The fraction of sp³-hybridized carbons (Fsp3) is 0.864. The van der Waals surface area contributed by atoms with Crippen LogP contribution in [0.15, 0.2) is 12.7 Å². The Balaban J connectivity index is 2.83. The number of rotatable bonds is 16. The van der Waals surface area contributed by atoms with E-state index in [1.807, 2.05) is 0 Å². The van der Waals surface area contributed by atoms with E-state index in [-0.39, 0.29) is 19.3 Å². The number of amides is 1. The molecule has 0 radical (unpaired) electrons. The summed E-state index contributed by atoms with van der Waals surface area (Å²) in [5, 5.41) is 21.9. The van der Waals surface area contributed by atoms with Crippen molar-refractivity contribution < 1.29 is 47.1 Å². The third-order valence-electron chi connectivity index (χ3n) is 5.50. The summed E-state index contributed by atoms with van der Waals surface area (Å²) < 4.78 is 60.6. The van der Waals surface area contributed by atoms with Gasteiger partial charge in [-0.3, -0.25) is 4.79 Å². The zero-order chi connectivity index (χ0) is 24.9. The first-order valence-electron chi connectivity index (χ1n) is 11.4. The number of methoxy groups -OCH3 is 1. The van der Waals surface area contributed by atoms with E-state index in [2.05, 4.69) is 13.5 Å². The van der Waals surface area contributed by atoms with Crippen LogP contribution in [0, 0.1) is 0 Å². The first-order valence-corrected chi connectivity index (χ1v) is 11.4. The molecule has 1 aliphatic rings. The van der Waals surface area contributed by atoms with Crippen molar-refractivity contribution in [1.29, 1.82) is 0 Å². The second-order valence-electron chi connectivity index (χ2n) is 8.02. The van der Waals surface area contributed by atoms with E-state index < -0.39 is 49.3 Å². The number of alkyl halides is 3. The summed E-state index contributed by atoms with van der Waals surface area (Å²) in [6, 6.07) is -1.47. The molecular weight excluding hydrogens is 447 g/mol. The fourth-order valence-electron chi connectivity index (χ4n) is 3.65. The van der Waals surface area contributed by atoms with Crippen molar-refractivity contribution in [2.45, 2.75) is 94.8 Å². The molecule has 1 fully saturated rings. The van der Waals surface area contributed by atoms with Gasteiger partial charge >= 0.3 is 12.1 Å². The molecule has 6 atom stereocenters. The Bertz CT molecular complexity index is 565. The van der Waals surface area contributed by atoms with E-state index in [4.69, 9.17) is 18.9 Å². The zero-order valence-electron chi connectivity index (χ0n) is 19.4. The quantitative estimate of drug-likeness (QED) is 0.228. The molecule has 11 heteroatoms. The zero-order valence-corrected chi connectivity index (χ0v) is 19.4. The molecule has 3 N–H and O–H groups in total. The SMILES string of the molecule is C=CCO[C@H]1O[C@H](CO)[C@@H](O)[C@H](OCC[C@@H](CCCCCCC)OC)[C@H]1NC(=O)C(F)(F)F. The molecule has 1 amide bonds. The van der Waals surface area contributed by atoms with Crippen molar-refractivity contribution >= 4 is 5.91 Å². The minimum absolute atomic E-state index is 0.0555. The molecule has 0 unspecified atom stereocenters. The van der Waals surface area contributed by atoms with Crippen molar-refractivity contribution in [1.82, 2.24) is 5.32 Å². The van der Waals surface area contributed by atoms with Crippen molar-refractivity contribution in [2.24, 2.45) is 0 Å². The van der Waals surface area contributed by atoms with Gasteiger partial charge in [-0.05, 0) is 12.8 Å². The molecule has 33 heavy (non-hydrogen) atoms. The van der Waals surface area contributed by atoms with Crippen molar-refractivity contribution in [3.63, 3.8) is 0 Å². The average Bonchev–Trinajstić information content (AvgIpc) is 2.78. The minimum atomic E-state index is -5.15. The van der Waals surface area contributed by atoms with E-state index in [0.717, 1.165) is 32.1 Å². The second-order valence-corrected chi connectivity index (χ2v) is 8.02. The van der Waals surface area contributed by atoms with Crippen LogP contribution >= 0.6 is 0 Å². The van der Waals surface area contributed by atoms with Gasteiger partial charge in [-0.1, -0.05) is 45.1 Å². The lowest BCUT2D eigenvalue weighted by Crippen LogP contribution is -2.66. The van der Waals surface area contributed by atoms with Gasteiger partial charge in [-0.15, -0.1) is 6.58 Å². The summed E-state index contributed by atoms with van der Waals surface area (Å²) >= 11 is 0. The number of aliphatic hydroxyl groups excluding tert-OH is 2. The lowest BCUT2D eigenvalue weighted by molar-refractivity contribution is -0.276. The highest BCUT2D eigenvalue weighted by Gasteiger charge is 2.50. The van der Waals surface area contributed by atoms with Crippen LogP contribution in [0.2, 0.25) is 0 Å². The third-order valence-corrected chi connectivity index (χ3v) is 5.50. The Morgan fingerprint density at radius 1 is 1.21 bits per heavy atom. The largest absolute Gasteiger partial charge is 0.471 e. The summed E-state index contributed by atoms with van der Waals surface area (Å²) in [7, 11) is 1.58. The van der Waals surface area contributed by atoms with Crippen molar-refractivity contribution in [3.8, 4) is 0 Å². The predicted octanol–water partition coefficient (Wildman–Crippen LogP) is 2.46. The van der Waals surface area contributed by atoms with E-state index in [9.17, 15) is 28.2 Å². The molecule has 0 spiro atoms. The smallest absolute Gasteiger partial charge is 0.394 e. The molecule has 1 aliphatic heterocycles. The summed E-state index contributed by atoms with van der Waals surface area (Å²) in [5.74, 6) is -2.21. The van der Waals surface area contributed by atoms with Crippen LogP contribution in [0.3, 0.4) is 0 Å². The lowest BCUT2D eigenvalue weighted by Gasteiger charge is -2.44. The topological polar surface area (TPSA) is 106 Å². The van der Waals surface area contributed by atoms with Gasteiger partial charge in [0, 0.05) is 13.7 Å². The molecule has 0 aromatic rings. The molecule has 0 aromatic carbocycles. The van der Waals surface area contributed by atoms with Gasteiger partial charge in [0.1, 0.15) is 24.4 Å². The number of carbonyl (C=O) groups is 1. The fourth-order valence-corrected chi connectivity index (χ4v) is 3.65. The highest BCUT2D eigenvalue weighted by atomic mass is 19.4. The molecule has 8 nitrogen and oxygen atoms in total. The normalized spacial score (nSPS) is 26.7. The molecule has 0 aromatic heterocycles. The van der Waals surface area contributed by atoms with Crippen LogP contribution in [0.1, 0.15) is 51.9 Å². The Labute approximate surface area is 193 Å². The minimum Gasteiger partial charge on any atom is -0.394 e. The molecule has 0 bridgehead atoms. The number of unbranched alkanes of at least 4 members (excludes halogenated alkanes) is 4. The summed E-state index contributed by atoms with van der Waals surface area (Å²) in [4.78, 5) is 11.6. The molecule has 0 aliphatic carbocycles. The predicted molar refractivity (Wildman–Crippen MR) is 114 cm³/mol. The maximum Gasteiger partial charge on any atom is 0.471 e. The van der Waals surface area contributed by atoms with Crippen molar-refractivity contribution in [3.05, 3.63) is 12.7 Å². The number of ether oxygens (including phenoxy) is 4. The van der Waals surface area contributed by atoms with Crippen LogP contribution in [0.4, 0.5) is 13.2 Å². The second kappa shape index (κ2) is 15.6. The summed E-state index contributed by atoms with van der Waals surface area (Å²) in [6.45, 7) is 4.96. The Morgan fingerprint density at radius 3 is 2.48 bits per heavy atom. The Kier molecular flexibility index (Phi) is 14.1. The van der Waals surface area contributed by atoms with Gasteiger partial charge in [-0.25, -0.2) is 0 Å². The molecule has 1 saturated heterocycles. The Hall–Kier alpha value is -1.24. The van der Waals surface area contributed by atoms with E-state index in [1.165, 1.54) is 12.5 Å². The Morgan fingerprint density at radius 2 is 1.91 bits per heavy atom. The van der Waals surface area contributed by atoms with E-state index in [1.54, 1.807) is 12.4 Å². The molecule has 0 saturated carbocycles. The van der Waals surface area contributed by atoms with Crippen LogP contribution in [0.5, 0.6) is 0 Å².